The first-order valence-corrected chi connectivity index (χ1v) is 10.7. The van der Waals surface area contributed by atoms with Crippen LogP contribution in [0.1, 0.15) is 35.7 Å². The minimum atomic E-state index is -0.364. The molecule has 1 amide bonds. The molecule has 4 N–H and O–H groups in total. The Labute approximate surface area is 187 Å². The standard InChI is InChI=1S/C23H21BrN4O3/c1-14(24)10-16(12-26-31)15-4-2-5-18(11-15)28-13-20(23(30)27-17-7-8-17)21(29)19-6-3-9-25-22(19)28/h2-6,9-13,17,26,31H,7-8H2,1H3,(H,27,30)/p+1/b14-10+,16-12+. The first-order valence-electron chi connectivity index (χ1n) is 9.91. The summed E-state index contributed by atoms with van der Waals surface area (Å²) in [5, 5.41) is 12.6. The maximum atomic E-state index is 13.0. The van der Waals surface area contributed by atoms with E-state index in [4.69, 9.17) is 0 Å². The van der Waals surface area contributed by atoms with Crippen molar-refractivity contribution in [2.45, 2.75) is 25.8 Å². The fourth-order valence-corrected chi connectivity index (χ4v) is 3.61. The van der Waals surface area contributed by atoms with E-state index < -0.39 is 0 Å². The smallest absolute Gasteiger partial charge is 0.257 e. The van der Waals surface area contributed by atoms with Crippen LogP contribution in [0.5, 0.6) is 0 Å². The molecule has 158 valence electrons. The predicted octanol–water partition coefficient (Wildman–Crippen LogP) is 2.87. The van der Waals surface area contributed by atoms with Crippen LogP contribution in [0.4, 0.5) is 0 Å². The molecule has 0 bridgehead atoms. The molecule has 1 aromatic carbocycles. The van der Waals surface area contributed by atoms with Gasteiger partial charge in [0.1, 0.15) is 17.4 Å². The number of hydrogen-bond acceptors (Lipinski definition) is 4. The van der Waals surface area contributed by atoms with Crippen LogP contribution in [0.25, 0.3) is 22.3 Å². The molecule has 1 aliphatic rings. The summed E-state index contributed by atoms with van der Waals surface area (Å²) in [4.78, 5) is 30.1. The van der Waals surface area contributed by atoms with Crippen molar-refractivity contribution < 1.29 is 15.5 Å². The Morgan fingerprint density at radius 1 is 1.32 bits per heavy atom. The third kappa shape index (κ3) is 4.66. The lowest BCUT2D eigenvalue weighted by Gasteiger charge is -2.14. The number of nitrogens with one attached hydrogen (secondary N) is 1. The van der Waals surface area contributed by atoms with E-state index in [2.05, 4.69) is 26.2 Å². The Morgan fingerprint density at radius 2 is 2.13 bits per heavy atom. The van der Waals surface area contributed by atoms with Crippen molar-refractivity contribution in [3.8, 4) is 5.69 Å². The van der Waals surface area contributed by atoms with Crippen LogP contribution < -0.4 is 16.2 Å². The Bertz CT molecular complexity index is 1270. The Kier molecular flexibility index (Phi) is 6.13. The normalized spacial score (nSPS) is 14.7. The number of pyridine rings is 2. The van der Waals surface area contributed by atoms with E-state index >= 15 is 0 Å². The summed E-state index contributed by atoms with van der Waals surface area (Å²) in [5.41, 5.74) is 3.61. The van der Waals surface area contributed by atoms with Crippen molar-refractivity contribution in [3.05, 3.63) is 86.9 Å². The molecule has 8 heteroatoms. The van der Waals surface area contributed by atoms with Gasteiger partial charge in [-0.3, -0.25) is 9.59 Å². The summed E-state index contributed by atoms with van der Waals surface area (Å²) in [6.07, 6.45) is 8.54. The average Bonchev–Trinajstić information content (AvgIpc) is 3.57. The molecular weight excluding hydrogens is 460 g/mol. The van der Waals surface area contributed by atoms with Gasteiger partial charge in [0, 0.05) is 29.7 Å². The highest BCUT2D eigenvalue weighted by Gasteiger charge is 2.26. The van der Waals surface area contributed by atoms with E-state index in [-0.39, 0.29) is 22.9 Å². The number of benzene rings is 1. The first kappa shape index (κ1) is 21.2. The zero-order valence-electron chi connectivity index (χ0n) is 16.9. The number of carbonyl (C=O) groups excluding carboxylic acids is 1. The maximum absolute atomic E-state index is 13.0. The number of halogens is 1. The third-order valence-corrected chi connectivity index (χ3v) is 5.21. The summed E-state index contributed by atoms with van der Waals surface area (Å²) in [5.74, 6) is -0.364. The minimum absolute atomic E-state index is 0.0912. The molecule has 1 fully saturated rings. The monoisotopic (exact) mass is 481 g/mol. The number of hydrogen-bond donors (Lipinski definition) is 3. The second-order valence-electron chi connectivity index (χ2n) is 7.42. The lowest BCUT2D eigenvalue weighted by molar-refractivity contribution is -0.837. The largest absolute Gasteiger partial charge is 0.349 e. The highest BCUT2D eigenvalue weighted by molar-refractivity contribution is 9.11. The molecule has 3 aromatic rings. The Hall–Kier alpha value is -3.07. The fraction of sp³-hybridized carbons (Fsp3) is 0.174. The average molecular weight is 482 g/mol. The van der Waals surface area contributed by atoms with Crippen LogP contribution >= 0.6 is 15.9 Å². The first-order chi connectivity index (χ1) is 15.0. The van der Waals surface area contributed by atoms with Gasteiger partial charge in [-0.2, -0.15) is 5.48 Å². The molecule has 0 saturated heterocycles. The van der Waals surface area contributed by atoms with Crippen molar-refractivity contribution >= 4 is 38.4 Å². The molecule has 0 aliphatic heterocycles. The summed E-state index contributed by atoms with van der Waals surface area (Å²) in [6.45, 7) is 1.90. The number of quaternary nitrogens is 1. The second-order valence-corrected chi connectivity index (χ2v) is 8.67. The van der Waals surface area contributed by atoms with Crippen molar-refractivity contribution in [1.82, 2.24) is 14.9 Å². The van der Waals surface area contributed by atoms with Gasteiger partial charge in [-0.15, -0.1) is 0 Å². The summed E-state index contributed by atoms with van der Waals surface area (Å²) in [7, 11) is 0. The van der Waals surface area contributed by atoms with E-state index in [1.165, 1.54) is 0 Å². The van der Waals surface area contributed by atoms with Crippen molar-refractivity contribution in [3.63, 3.8) is 0 Å². The van der Waals surface area contributed by atoms with Crippen LogP contribution in [0, 0.1) is 0 Å². The molecule has 0 atom stereocenters. The van der Waals surface area contributed by atoms with Gasteiger partial charge in [0.2, 0.25) is 5.43 Å². The van der Waals surface area contributed by atoms with E-state index in [0.717, 1.165) is 39.6 Å². The van der Waals surface area contributed by atoms with Gasteiger partial charge in [0.15, 0.2) is 0 Å². The van der Waals surface area contributed by atoms with Crippen LogP contribution in [0.2, 0.25) is 0 Å². The Morgan fingerprint density at radius 3 is 2.84 bits per heavy atom. The van der Waals surface area contributed by atoms with E-state index in [0.29, 0.717) is 11.0 Å². The van der Waals surface area contributed by atoms with Gasteiger partial charge in [0.25, 0.3) is 5.91 Å². The number of allylic oxidation sites excluding steroid dienone is 3. The van der Waals surface area contributed by atoms with Gasteiger partial charge >= 0.3 is 0 Å². The zero-order valence-corrected chi connectivity index (χ0v) is 18.5. The topological polar surface area (TPSA) is 101 Å². The van der Waals surface area contributed by atoms with E-state index in [1.807, 2.05) is 37.3 Å². The van der Waals surface area contributed by atoms with Gasteiger partial charge in [-0.05, 0) is 60.2 Å². The van der Waals surface area contributed by atoms with Crippen molar-refractivity contribution in [2.24, 2.45) is 0 Å². The third-order valence-electron chi connectivity index (χ3n) is 4.99. The minimum Gasteiger partial charge on any atom is -0.349 e. The van der Waals surface area contributed by atoms with Crippen LogP contribution in [-0.4, -0.2) is 26.7 Å². The number of nitrogens with zero attached hydrogens (tertiary/aromatic N) is 2. The molecule has 0 radical (unpaired) electrons. The number of rotatable bonds is 6. The molecule has 0 spiro atoms. The molecule has 7 nitrogen and oxygen atoms in total. The number of fused-ring (bicyclic) bond motifs is 1. The van der Waals surface area contributed by atoms with Gasteiger partial charge in [-0.25, -0.2) is 10.2 Å². The SMILES string of the molecule is C/C(Br)=C\C(=C/[NH2+]O)c1cccc(-n2cc(C(=O)NC3CC3)c(=O)c3cccnc32)c1. The molecule has 1 saturated carbocycles. The van der Waals surface area contributed by atoms with Crippen molar-refractivity contribution in [2.75, 3.05) is 0 Å². The molecule has 4 rings (SSSR count). The Balaban J connectivity index is 1.89. The van der Waals surface area contributed by atoms with E-state index in [1.54, 1.807) is 35.3 Å². The number of aromatic nitrogens is 2. The van der Waals surface area contributed by atoms with Crippen molar-refractivity contribution in [1.29, 1.82) is 0 Å². The number of hydroxylamine groups is 1. The fourth-order valence-electron chi connectivity index (χ4n) is 3.37. The van der Waals surface area contributed by atoms with E-state index in [9.17, 15) is 14.8 Å². The quantitative estimate of drug-likeness (QED) is 0.372. The number of carbonyl (C=O) groups is 1. The molecule has 31 heavy (non-hydrogen) atoms. The molecular formula is C23H22BrN4O3+. The summed E-state index contributed by atoms with van der Waals surface area (Å²) >= 11 is 3.43. The lowest BCUT2D eigenvalue weighted by Crippen LogP contribution is -2.73. The van der Waals surface area contributed by atoms with Crippen LogP contribution in [0.3, 0.4) is 0 Å². The van der Waals surface area contributed by atoms with Crippen LogP contribution in [-0.2, 0) is 0 Å². The highest BCUT2D eigenvalue weighted by atomic mass is 79.9. The lowest BCUT2D eigenvalue weighted by atomic mass is 10.1. The van der Waals surface area contributed by atoms with Gasteiger partial charge < -0.3 is 9.88 Å². The second kappa shape index (κ2) is 8.97. The zero-order chi connectivity index (χ0) is 22.0. The van der Waals surface area contributed by atoms with Gasteiger partial charge in [-0.1, -0.05) is 28.1 Å². The predicted molar refractivity (Wildman–Crippen MR) is 122 cm³/mol. The molecule has 2 heterocycles. The number of amides is 1. The molecule has 2 aromatic heterocycles. The number of nitrogens with two attached hydrogens (primary N) is 1. The summed E-state index contributed by atoms with van der Waals surface area (Å²) < 4.78 is 2.66. The van der Waals surface area contributed by atoms with Gasteiger partial charge in [0.05, 0.1) is 5.39 Å². The summed E-state index contributed by atoms with van der Waals surface area (Å²) in [6, 6.07) is 11.1. The van der Waals surface area contributed by atoms with Crippen LogP contribution in [0.15, 0.2) is 70.3 Å². The highest BCUT2D eigenvalue weighted by Crippen LogP contribution is 2.24. The maximum Gasteiger partial charge on any atom is 0.257 e. The molecule has 1 aliphatic carbocycles. The molecule has 0 unspecified atom stereocenters.